The molecule has 2 heterocycles. The number of halogens is 1. The topological polar surface area (TPSA) is 35.2 Å². The second kappa shape index (κ2) is 4.62. The van der Waals surface area contributed by atoms with Gasteiger partial charge in [0.15, 0.2) is 0 Å². The van der Waals surface area contributed by atoms with Crippen LogP contribution in [0.2, 0.25) is 5.02 Å². The maximum atomic E-state index is 6.17. The molecule has 0 aromatic carbocycles. The molecule has 0 aliphatic carbocycles. The van der Waals surface area contributed by atoms with Gasteiger partial charge < -0.3 is 10.5 Å². The molecule has 1 aromatic heterocycles. The molecule has 1 aliphatic heterocycles. The van der Waals surface area contributed by atoms with Crippen LogP contribution >= 0.6 is 22.9 Å². The molecule has 0 bridgehead atoms. The molecule has 1 saturated heterocycles. The van der Waals surface area contributed by atoms with Crippen molar-refractivity contribution in [3.8, 4) is 0 Å². The Morgan fingerprint density at radius 1 is 1.50 bits per heavy atom. The molecule has 1 aliphatic rings. The van der Waals surface area contributed by atoms with Crippen molar-refractivity contribution in [1.82, 2.24) is 0 Å². The van der Waals surface area contributed by atoms with Gasteiger partial charge in [-0.1, -0.05) is 11.6 Å². The fourth-order valence-electron chi connectivity index (χ4n) is 1.77. The number of thiophene rings is 1. The quantitative estimate of drug-likeness (QED) is 0.850. The molecule has 2 N–H and O–H groups in total. The van der Waals surface area contributed by atoms with Gasteiger partial charge in [0.2, 0.25) is 0 Å². The summed E-state index contributed by atoms with van der Waals surface area (Å²) in [6, 6.07) is 2.00. The molecule has 1 aromatic rings. The van der Waals surface area contributed by atoms with E-state index in [2.05, 4.69) is 0 Å². The van der Waals surface area contributed by atoms with Crippen LogP contribution in [0.3, 0.4) is 0 Å². The van der Waals surface area contributed by atoms with E-state index in [4.69, 9.17) is 22.1 Å². The minimum Gasteiger partial charge on any atom is -0.381 e. The molecule has 2 rings (SSSR count). The molecule has 0 saturated carbocycles. The Morgan fingerprint density at radius 2 is 2.21 bits per heavy atom. The zero-order valence-electron chi connectivity index (χ0n) is 7.96. The lowest BCUT2D eigenvalue weighted by Crippen LogP contribution is -2.13. The molecule has 2 nitrogen and oxygen atoms in total. The Labute approximate surface area is 93.0 Å². The highest BCUT2D eigenvalue weighted by atomic mass is 35.5. The fraction of sp³-hybridized carbons (Fsp3) is 0.600. The van der Waals surface area contributed by atoms with E-state index in [9.17, 15) is 0 Å². The van der Waals surface area contributed by atoms with E-state index in [0.29, 0.717) is 12.5 Å². The van der Waals surface area contributed by atoms with Gasteiger partial charge in [-0.15, -0.1) is 11.3 Å². The number of ether oxygens (including phenoxy) is 1. The van der Waals surface area contributed by atoms with Gasteiger partial charge >= 0.3 is 0 Å². The molecule has 0 amide bonds. The predicted molar refractivity (Wildman–Crippen MR) is 60.0 cm³/mol. The van der Waals surface area contributed by atoms with E-state index in [1.807, 2.05) is 6.07 Å². The van der Waals surface area contributed by atoms with Crippen LogP contribution < -0.4 is 5.73 Å². The summed E-state index contributed by atoms with van der Waals surface area (Å²) < 4.78 is 5.33. The van der Waals surface area contributed by atoms with Crippen molar-refractivity contribution in [2.45, 2.75) is 25.3 Å². The summed E-state index contributed by atoms with van der Waals surface area (Å²) in [5.74, 6) is 0.585. The van der Waals surface area contributed by atoms with E-state index in [0.717, 1.165) is 31.1 Å². The van der Waals surface area contributed by atoms with Crippen molar-refractivity contribution in [2.75, 3.05) is 13.2 Å². The summed E-state index contributed by atoms with van der Waals surface area (Å²) in [5, 5.41) is 0.891. The van der Waals surface area contributed by atoms with Crippen molar-refractivity contribution in [3.05, 3.63) is 20.8 Å². The highest BCUT2D eigenvalue weighted by Gasteiger charge is 2.20. The number of nitrogens with two attached hydrogens (primary N) is 1. The summed E-state index contributed by atoms with van der Waals surface area (Å²) in [6.07, 6.45) is 2.18. The first-order valence-corrected chi connectivity index (χ1v) is 6.06. The lowest BCUT2D eigenvalue weighted by atomic mass is 9.99. The van der Waals surface area contributed by atoms with Crippen LogP contribution in [0, 0.1) is 0 Å². The maximum Gasteiger partial charge on any atom is 0.0551 e. The molecule has 1 fully saturated rings. The third kappa shape index (κ3) is 2.11. The monoisotopic (exact) mass is 231 g/mol. The first-order chi connectivity index (χ1) is 6.81. The number of hydrogen-bond acceptors (Lipinski definition) is 3. The smallest absolute Gasteiger partial charge is 0.0551 e. The Bertz CT molecular complexity index is 307. The number of hydrogen-bond donors (Lipinski definition) is 1. The Balaban J connectivity index is 2.17. The number of rotatable bonds is 2. The Kier molecular flexibility index (Phi) is 3.44. The highest BCUT2D eigenvalue weighted by Crippen LogP contribution is 2.38. The minimum absolute atomic E-state index is 0.585. The van der Waals surface area contributed by atoms with E-state index < -0.39 is 0 Å². The first kappa shape index (κ1) is 10.4. The van der Waals surface area contributed by atoms with E-state index in [-0.39, 0.29) is 0 Å². The second-order valence-electron chi connectivity index (χ2n) is 3.52. The molecule has 0 unspecified atom stereocenters. The Morgan fingerprint density at radius 3 is 2.79 bits per heavy atom. The van der Waals surface area contributed by atoms with Crippen LogP contribution in [0.5, 0.6) is 0 Å². The predicted octanol–water partition coefficient (Wildman–Crippen LogP) is 2.75. The lowest BCUT2D eigenvalue weighted by Gasteiger charge is -2.21. The molecule has 14 heavy (non-hydrogen) atoms. The van der Waals surface area contributed by atoms with Crippen LogP contribution in [-0.4, -0.2) is 13.2 Å². The van der Waals surface area contributed by atoms with Crippen molar-refractivity contribution >= 4 is 22.9 Å². The molecule has 4 heteroatoms. The standard InChI is InChI=1S/C10H14ClNOS/c11-9-5-8(6-12)14-10(9)7-1-3-13-4-2-7/h5,7H,1-4,6,12H2. The zero-order chi connectivity index (χ0) is 9.97. The summed E-state index contributed by atoms with van der Waals surface area (Å²) in [6.45, 7) is 2.31. The summed E-state index contributed by atoms with van der Waals surface area (Å²) in [5.41, 5.74) is 5.59. The zero-order valence-corrected chi connectivity index (χ0v) is 9.53. The first-order valence-electron chi connectivity index (χ1n) is 4.87. The summed E-state index contributed by atoms with van der Waals surface area (Å²) in [4.78, 5) is 2.48. The van der Waals surface area contributed by atoms with E-state index in [1.165, 1.54) is 9.75 Å². The van der Waals surface area contributed by atoms with Crippen LogP contribution in [0.4, 0.5) is 0 Å². The van der Waals surface area contributed by atoms with Gasteiger partial charge in [0.05, 0.1) is 5.02 Å². The minimum atomic E-state index is 0.585. The molecular formula is C10H14ClNOS. The van der Waals surface area contributed by atoms with Crippen LogP contribution in [0.1, 0.15) is 28.5 Å². The van der Waals surface area contributed by atoms with Crippen molar-refractivity contribution < 1.29 is 4.74 Å². The average molecular weight is 232 g/mol. The molecule has 0 spiro atoms. The van der Waals surface area contributed by atoms with Gasteiger partial charge in [0.25, 0.3) is 0 Å². The van der Waals surface area contributed by atoms with Gasteiger partial charge in [0, 0.05) is 29.5 Å². The van der Waals surface area contributed by atoms with Gasteiger partial charge in [-0.05, 0) is 24.8 Å². The third-order valence-electron chi connectivity index (χ3n) is 2.56. The maximum absolute atomic E-state index is 6.17. The molecule has 78 valence electrons. The SMILES string of the molecule is NCc1cc(Cl)c(C2CCOCC2)s1. The van der Waals surface area contributed by atoms with Crippen LogP contribution in [0.15, 0.2) is 6.07 Å². The molecule has 0 radical (unpaired) electrons. The van der Waals surface area contributed by atoms with Gasteiger partial charge in [-0.2, -0.15) is 0 Å². The van der Waals surface area contributed by atoms with Crippen LogP contribution in [-0.2, 0) is 11.3 Å². The largest absolute Gasteiger partial charge is 0.381 e. The average Bonchev–Trinajstić information content (AvgIpc) is 2.61. The molecule has 0 atom stereocenters. The van der Waals surface area contributed by atoms with Crippen molar-refractivity contribution in [3.63, 3.8) is 0 Å². The highest BCUT2D eigenvalue weighted by molar-refractivity contribution is 7.12. The van der Waals surface area contributed by atoms with Crippen molar-refractivity contribution in [1.29, 1.82) is 0 Å². The fourth-order valence-corrected chi connectivity index (χ4v) is 3.34. The normalized spacial score (nSPS) is 18.7. The van der Waals surface area contributed by atoms with Gasteiger partial charge in [-0.25, -0.2) is 0 Å². The lowest BCUT2D eigenvalue weighted by molar-refractivity contribution is 0.0860. The summed E-state index contributed by atoms with van der Waals surface area (Å²) in [7, 11) is 0. The van der Waals surface area contributed by atoms with E-state index in [1.54, 1.807) is 11.3 Å². The second-order valence-corrected chi connectivity index (χ2v) is 5.09. The van der Waals surface area contributed by atoms with Gasteiger partial charge in [-0.3, -0.25) is 0 Å². The third-order valence-corrected chi connectivity index (χ3v) is 4.30. The van der Waals surface area contributed by atoms with Crippen LogP contribution in [0.25, 0.3) is 0 Å². The van der Waals surface area contributed by atoms with E-state index >= 15 is 0 Å². The molecular weight excluding hydrogens is 218 g/mol. The Hall–Kier alpha value is -0.0900. The van der Waals surface area contributed by atoms with Gasteiger partial charge in [0.1, 0.15) is 0 Å². The summed E-state index contributed by atoms with van der Waals surface area (Å²) >= 11 is 7.92. The van der Waals surface area contributed by atoms with Crippen molar-refractivity contribution in [2.24, 2.45) is 5.73 Å².